The molecule has 0 fully saturated rings. The average molecular weight is 391 g/mol. The van der Waals surface area contributed by atoms with E-state index in [0.717, 1.165) is 0 Å². The first-order valence-electron chi connectivity index (χ1n) is 9.04. The molecule has 1 aromatic carbocycles. The molecular formula is C19H25N3O6. The predicted molar refractivity (Wildman–Crippen MR) is 101 cm³/mol. The average Bonchev–Trinajstić information content (AvgIpc) is 2.71. The summed E-state index contributed by atoms with van der Waals surface area (Å²) >= 11 is 0. The lowest BCUT2D eigenvalue weighted by atomic mass is 10.0. The summed E-state index contributed by atoms with van der Waals surface area (Å²) < 4.78 is 10.3. The molecule has 1 unspecified atom stereocenters. The largest absolute Gasteiger partial charge is 0.456 e. The number of anilines is 1. The number of carbonyl (C=O) groups is 4. The fourth-order valence-electron chi connectivity index (χ4n) is 2.88. The van der Waals surface area contributed by atoms with Crippen LogP contribution in [0.3, 0.4) is 0 Å². The second kappa shape index (κ2) is 9.72. The third kappa shape index (κ3) is 5.45. The number of amides is 3. The van der Waals surface area contributed by atoms with Crippen molar-refractivity contribution in [2.45, 2.75) is 26.4 Å². The molecule has 0 radical (unpaired) electrons. The summed E-state index contributed by atoms with van der Waals surface area (Å²) in [6.07, 6.45) is -0.936. The van der Waals surface area contributed by atoms with Crippen LogP contribution in [0.4, 0.5) is 10.5 Å². The molecule has 0 saturated carbocycles. The zero-order valence-corrected chi connectivity index (χ0v) is 16.3. The standard InChI is InChI=1S/C19H25N3O6/c1-4-20-19(26)28-16-9-10-22(18(25)12-27-13(2)23)11-17(24)21(3)15-8-6-5-7-14(15)16/h5-8,16H,4,9-12H2,1-3H3,(H,20,26). The maximum absolute atomic E-state index is 12.7. The Balaban J connectivity index is 2.30. The normalized spacial score (nSPS) is 17.0. The Morgan fingerprint density at radius 3 is 2.64 bits per heavy atom. The monoisotopic (exact) mass is 391 g/mol. The van der Waals surface area contributed by atoms with E-state index in [4.69, 9.17) is 9.47 Å². The van der Waals surface area contributed by atoms with Gasteiger partial charge in [0.1, 0.15) is 12.6 Å². The zero-order chi connectivity index (χ0) is 20.7. The minimum absolute atomic E-state index is 0.165. The van der Waals surface area contributed by atoms with E-state index in [1.165, 1.54) is 16.7 Å². The summed E-state index contributed by atoms with van der Waals surface area (Å²) in [4.78, 5) is 50.8. The second-order valence-corrected chi connectivity index (χ2v) is 6.32. The first-order valence-corrected chi connectivity index (χ1v) is 9.04. The molecule has 28 heavy (non-hydrogen) atoms. The Morgan fingerprint density at radius 2 is 1.96 bits per heavy atom. The van der Waals surface area contributed by atoms with Gasteiger partial charge in [0.25, 0.3) is 5.91 Å². The van der Waals surface area contributed by atoms with Crippen molar-refractivity contribution in [3.8, 4) is 0 Å². The molecule has 1 N–H and O–H groups in total. The van der Waals surface area contributed by atoms with Gasteiger partial charge in [-0.3, -0.25) is 14.4 Å². The van der Waals surface area contributed by atoms with Crippen LogP contribution < -0.4 is 10.2 Å². The molecule has 0 saturated heterocycles. The van der Waals surface area contributed by atoms with Crippen LogP contribution >= 0.6 is 0 Å². The van der Waals surface area contributed by atoms with Gasteiger partial charge in [-0.05, 0) is 13.0 Å². The van der Waals surface area contributed by atoms with Gasteiger partial charge in [-0.2, -0.15) is 0 Å². The van der Waals surface area contributed by atoms with Crippen molar-refractivity contribution in [2.75, 3.05) is 38.2 Å². The number of likely N-dealkylation sites (N-methyl/N-ethyl adjacent to an activating group) is 1. The predicted octanol–water partition coefficient (Wildman–Crippen LogP) is 1.23. The number of rotatable bonds is 4. The molecule has 1 atom stereocenters. The SMILES string of the molecule is CCNC(=O)OC1CCN(C(=O)COC(C)=O)CC(=O)N(C)c2ccccc21. The van der Waals surface area contributed by atoms with Crippen LogP contribution in [0.15, 0.2) is 24.3 Å². The minimum atomic E-state index is -0.653. The van der Waals surface area contributed by atoms with Crippen LogP contribution in [0.25, 0.3) is 0 Å². The minimum Gasteiger partial charge on any atom is -0.456 e. The van der Waals surface area contributed by atoms with Crippen molar-refractivity contribution in [2.24, 2.45) is 0 Å². The molecule has 3 amide bonds. The quantitative estimate of drug-likeness (QED) is 0.774. The number of carbonyl (C=O) groups excluding carboxylic acids is 4. The van der Waals surface area contributed by atoms with E-state index in [1.54, 1.807) is 38.2 Å². The third-order valence-electron chi connectivity index (χ3n) is 4.33. The summed E-state index contributed by atoms with van der Waals surface area (Å²) in [5.74, 6) is -1.37. The van der Waals surface area contributed by atoms with E-state index in [0.29, 0.717) is 24.2 Å². The zero-order valence-electron chi connectivity index (χ0n) is 16.3. The smallest absolute Gasteiger partial charge is 0.407 e. The van der Waals surface area contributed by atoms with E-state index in [1.807, 2.05) is 0 Å². The highest BCUT2D eigenvalue weighted by atomic mass is 16.6. The molecule has 0 aromatic heterocycles. The maximum Gasteiger partial charge on any atom is 0.407 e. The molecule has 1 heterocycles. The van der Waals surface area contributed by atoms with Crippen molar-refractivity contribution in [3.05, 3.63) is 29.8 Å². The van der Waals surface area contributed by atoms with Gasteiger partial charge in [-0.25, -0.2) is 4.79 Å². The Kier molecular flexibility index (Phi) is 7.36. The molecule has 1 aliphatic heterocycles. The lowest BCUT2D eigenvalue weighted by Gasteiger charge is -2.23. The van der Waals surface area contributed by atoms with Crippen LogP contribution in [-0.4, -0.2) is 62.1 Å². The number of alkyl carbamates (subject to hydrolysis) is 1. The van der Waals surface area contributed by atoms with Crippen LogP contribution in [0.1, 0.15) is 31.9 Å². The highest BCUT2D eigenvalue weighted by molar-refractivity contribution is 5.97. The number of para-hydroxylation sites is 1. The lowest BCUT2D eigenvalue weighted by Crippen LogP contribution is -2.43. The van der Waals surface area contributed by atoms with Crippen molar-refractivity contribution in [1.82, 2.24) is 10.2 Å². The first kappa shape index (κ1) is 21.2. The Morgan fingerprint density at radius 1 is 1.25 bits per heavy atom. The summed E-state index contributed by atoms with van der Waals surface area (Å²) in [6, 6.07) is 7.14. The van der Waals surface area contributed by atoms with Gasteiger partial charge >= 0.3 is 12.1 Å². The van der Waals surface area contributed by atoms with Crippen molar-refractivity contribution in [3.63, 3.8) is 0 Å². The van der Waals surface area contributed by atoms with Gasteiger partial charge in [0, 0.05) is 39.0 Å². The van der Waals surface area contributed by atoms with E-state index in [2.05, 4.69) is 5.32 Å². The number of esters is 1. The number of nitrogens with zero attached hydrogens (tertiary/aromatic N) is 2. The number of benzene rings is 1. The fraction of sp³-hybridized carbons (Fsp3) is 0.474. The molecule has 0 bridgehead atoms. The lowest BCUT2D eigenvalue weighted by molar-refractivity contribution is -0.151. The van der Waals surface area contributed by atoms with E-state index in [-0.39, 0.29) is 19.0 Å². The van der Waals surface area contributed by atoms with Gasteiger partial charge in [0.15, 0.2) is 6.61 Å². The van der Waals surface area contributed by atoms with Gasteiger partial charge in [0.2, 0.25) is 5.91 Å². The van der Waals surface area contributed by atoms with Crippen molar-refractivity contribution < 1.29 is 28.7 Å². The van der Waals surface area contributed by atoms with Gasteiger partial charge < -0.3 is 24.6 Å². The Hall–Kier alpha value is -3.10. The number of hydrogen-bond acceptors (Lipinski definition) is 6. The number of fused-ring (bicyclic) bond motifs is 1. The van der Waals surface area contributed by atoms with Gasteiger partial charge in [0.05, 0.1) is 5.69 Å². The maximum atomic E-state index is 12.7. The second-order valence-electron chi connectivity index (χ2n) is 6.32. The van der Waals surface area contributed by atoms with Gasteiger partial charge in [-0.1, -0.05) is 18.2 Å². The third-order valence-corrected chi connectivity index (χ3v) is 4.33. The molecule has 1 aromatic rings. The highest BCUT2D eigenvalue weighted by Crippen LogP contribution is 2.32. The summed E-state index contributed by atoms with van der Waals surface area (Å²) in [6.45, 7) is 2.95. The molecule has 152 valence electrons. The van der Waals surface area contributed by atoms with E-state index >= 15 is 0 Å². The fourth-order valence-corrected chi connectivity index (χ4v) is 2.88. The first-order chi connectivity index (χ1) is 13.3. The summed E-state index contributed by atoms with van der Waals surface area (Å²) in [5.41, 5.74) is 1.29. The topological polar surface area (TPSA) is 105 Å². The van der Waals surface area contributed by atoms with Crippen LogP contribution in [0.2, 0.25) is 0 Å². The van der Waals surface area contributed by atoms with Gasteiger partial charge in [-0.15, -0.1) is 0 Å². The van der Waals surface area contributed by atoms with Crippen molar-refractivity contribution in [1.29, 1.82) is 0 Å². The molecular weight excluding hydrogens is 366 g/mol. The molecule has 0 spiro atoms. The summed E-state index contributed by atoms with van der Waals surface area (Å²) in [7, 11) is 1.60. The van der Waals surface area contributed by atoms with Crippen LogP contribution in [0, 0.1) is 0 Å². The molecule has 1 aliphatic rings. The molecule has 9 heteroatoms. The van der Waals surface area contributed by atoms with Crippen LogP contribution in [0.5, 0.6) is 0 Å². The van der Waals surface area contributed by atoms with Crippen molar-refractivity contribution >= 4 is 29.6 Å². The number of hydrogen-bond donors (Lipinski definition) is 1. The number of ether oxygens (including phenoxy) is 2. The summed E-state index contributed by atoms with van der Waals surface area (Å²) in [5, 5.41) is 2.58. The molecule has 2 rings (SSSR count). The molecule has 0 aliphatic carbocycles. The van der Waals surface area contributed by atoms with Crippen LogP contribution in [-0.2, 0) is 23.9 Å². The highest BCUT2D eigenvalue weighted by Gasteiger charge is 2.29. The molecule has 9 nitrogen and oxygen atoms in total. The van der Waals surface area contributed by atoms with E-state index < -0.39 is 30.7 Å². The number of nitrogens with one attached hydrogen (secondary N) is 1. The Bertz CT molecular complexity index is 751. The Labute approximate surface area is 163 Å². The van der Waals surface area contributed by atoms with E-state index in [9.17, 15) is 19.2 Å².